The van der Waals surface area contributed by atoms with E-state index in [0.29, 0.717) is 0 Å². The Morgan fingerprint density at radius 2 is 2.14 bits per heavy atom. The fraction of sp³-hybridized carbons (Fsp3) is 0.385. The van der Waals surface area contributed by atoms with Crippen LogP contribution in [0.3, 0.4) is 0 Å². The monoisotopic (exact) mass is 185 g/mol. The number of allylic oxidation sites excluding steroid dienone is 1. The molecule has 1 aromatic heterocycles. The first-order valence-corrected chi connectivity index (χ1v) is 5.43. The average Bonchev–Trinajstić information content (AvgIpc) is 2.57. The second-order valence-electron chi connectivity index (χ2n) is 4.27. The van der Waals surface area contributed by atoms with E-state index in [0.717, 1.165) is 0 Å². The summed E-state index contributed by atoms with van der Waals surface area (Å²) in [6.07, 6.45) is 11.7. The Labute approximate surface area is 83.8 Å². The lowest BCUT2D eigenvalue weighted by Crippen LogP contribution is -2.28. The normalized spacial score (nSPS) is 18.8. The Hall–Kier alpha value is -1.24. The predicted octanol–water partition coefficient (Wildman–Crippen LogP) is 1.72. The average molecular weight is 185 g/mol. The molecule has 0 unspecified atom stereocenters. The molecule has 0 aromatic carbocycles. The maximum absolute atomic E-state index is 3.56. The van der Waals surface area contributed by atoms with E-state index in [2.05, 4.69) is 30.1 Å². The second-order valence-corrected chi connectivity index (χ2v) is 4.27. The van der Waals surface area contributed by atoms with Gasteiger partial charge < -0.3 is 4.98 Å². The van der Waals surface area contributed by atoms with Gasteiger partial charge in [-0.3, -0.25) is 0 Å². The lowest BCUT2D eigenvalue weighted by atomic mass is 9.98. The molecule has 72 valence electrons. The second kappa shape index (κ2) is 2.88. The number of rotatable bonds is 0. The Balaban J connectivity index is 2.45. The van der Waals surface area contributed by atoms with E-state index in [1.807, 2.05) is 0 Å². The molecule has 0 spiro atoms. The van der Waals surface area contributed by atoms with Crippen LogP contribution in [0.1, 0.15) is 37.4 Å². The zero-order valence-electron chi connectivity index (χ0n) is 8.56. The standard InChI is InChI=1S/C13H15N/c1-9-5-4-8-12-13(9)10-6-2-3-7-11(10)14-12/h2,6,8,14H,3-5,7H2,1H3. The molecule has 0 atom stereocenters. The number of aromatic nitrogens is 1. The molecule has 2 aliphatic rings. The van der Waals surface area contributed by atoms with Gasteiger partial charge in [0, 0.05) is 21.8 Å². The maximum atomic E-state index is 3.56. The maximum Gasteiger partial charge on any atom is 0.0421 e. The van der Waals surface area contributed by atoms with E-state index in [1.165, 1.54) is 47.5 Å². The summed E-state index contributed by atoms with van der Waals surface area (Å²) >= 11 is 0. The lowest BCUT2D eigenvalue weighted by molar-refractivity contribution is 0.939. The highest BCUT2D eigenvalue weighted by Gasteiger charge is 2.12. The smallest absolute Gasteiger partial charge is 0.0421 e. The number of H-pyrrole nitrogens is 1. The SMILES string of the molecule is CC1=c2c3c([nH]c2=CCC1)CCC=C3. The number of hydrogen-bond donors (Lipinski definition) is 1. The van der Waals surface area contributed by atoms with Gasteiger partial charge in [-0.1, -0.05) is 23.8 Å². The number of nitrogens with one attached hydrogen (secondary N) is 1. The topological polar surface area (TPSA) is 15.8 Å². The zero-order valence-corrected chi connectivity index (χ0v) is 8.56. The third-order valence-corrected chi connectivity index (χ3v) is 3.29. The summed E-state index contributed by atoms with van der Waals surface area (Å²) < 4.78 is 0. The van der Waals surface area contributed by atoms with Gasteiger partial charge >= 0.3 is 0 Å². The summed E-state index contributed by atoms with van der Waals surface area (Å²) in [7, 11) is 0. The van der Waals surface area contributed by atoms with Crippen molar-refractivity contribution in [1.82, 2.24) is 4.98 Å². The van der Waals surface area contributed by atoms with Gasteiger partial charge in [-0.05, 0) is 32.6 Å². The first kappa shape index (κ1) is 8.10. The molecule has 0 radical (unpaired) electrons. The molecule has 14 heavy (non-hydrogen) atoms. The minimum Gasteiger partial charge on any atom is -0.358 e. The van der Waals surface area contributed by atoms with Crippen molar-refractivity contribution in [2.45, 2.75) is 32.6 Å². The largest absolute Gasteiger partial charge is 0.358 e. The van der Waals surface area contributed by atoms with Gasteiger partial charge in [0.2, 0.25) is 0 Å². The van der Waals surface area contributed by atoms with Crippen LogP contribution in [-0.2, 0) is 6.42 Å². The quantitative estimate of drug-likeness (QED) is 0.633. The molecule has 1 heteroatoms. The minimum atomic E-state index is 1.18. The van der Waals surface area contributed by atoms with Crippen molar-refractivity contribution in [3.8, 4) is 0 Å². The van der Waals surface area contributed by atoms with Gasteiger partial charge in [0.1, 0.15) is 0 Å². The van der Waals surface area contributed by atoms with Crippen LogP contribution >= 0.6 is 0 Å². The fourth-order valence-corrected chi connectivity index (χ4v) is 2.57. The molecule has 0 aliphatic heterocycles. The van der Waals surface area contributed by atoms with Gasteiger partial charge in [0.05, 0.1) is 0 Å². The summed E-state index contributed by atoms with van der Waals surface area (Å²) in [4.78, 5) is 3.56. The molecule has 0 amide bonds. The molecule has 0 saturated carbocycles. The van der Waals surface area contributed by atoms with Gasteiger partial charge in [0.25, 0.3) is 0 Å². The highest BCUT2D eigenvalue weighted by Crippen LogP contribution is 2.15. The van der Waals surface area contributed by atoms with Crippen LogP contribution in [0, 0.1) is 0 Å². The zero-order chi connectivity index (χ0) is 9.54. The van der Waals surface area contributed by atoms with E-state index < -0.39 is 0 Å². The lowest BCUT2D eigenvalue weighted by Gasteiger charge is -2.05. The van der Waals surface area contributed by atoms with Crippen molar-refractivity contribution in [2.24, 2.45) is 0 Å². The van der Waals surface area contributed by atoms with Crippen LogP contribution in [0.15, 0.2) is 6.08 Å². The number of aromatic amines is 1. The number of hydrogen-bond acceptors (Lipinski definition) is 0. The Bertz CT molecular complexity index is 514. The third kappa shape index (κ3) is 1.02. The summed E-state index contributed by atoms with van der Waals surface area (Å²) in [6, 6.07) is 0. The molecule has 1 heterocycles. The summed E-state index contributed by atoms with van der Waals surface area (Å²) in [5.74, 6) is 0. The van der Waals surface area contributed by atoms with E-state index in [1.54, 1.807) is 5.57 Å². The van der Waals surface area contributed by atoms with Crippen LogP contribution in [0.2, 0.25) is 0 Å². The summed E-state index contributed by atoms with van der Waals surface area (Å²) in [5, 5.41) is 2.85. The highest BCUT2D eigenvalue weighted by molar-refractivity contribution is 5.62. The Morgan fingerprint density at radius 1 is 1.21 bits per heavy atom. The summed E-state index contributed by atoms with van der Waals surface area (Å²) in [5.41, 5.74) is 4.45. The van der Waals surface area contributed by atoms with Gasteiger partial charge in [-0.25, -0.2) is 0 Å². The van der Waals surface area contributed by atoms with Crippen molar-refractivity contribution in [3.63, 3.8) is 0 Å². The van der Waals surface area contributed by atoms with Crippen LogP contribution < -0.4 is 10.6 Å². The van der Waals surface area contributed by atoms with Gasteiger partial charge in [0.15, 0.2) is 0 Å². The number of aryl methyl sites for hydroxylation is 1. The molecule has 0 fully saturated rings. The molecule has 3 rings (SSSR count). The molecule has 1 aromatic rings. The van der Waals surface area contributed by atoms with Crippen LogP contribution in [0.4, 0.5) is 0 Å². The first-order chi connectivity index (χ1) is 6.86. The third-order valence-electron chi connectivity index (χ3n) is 3.29. The van der Waals surface area contributed by atoms with Crippen molar-refractivity contribution >= 4 is 17.7 Å². The highest BCUT2D eigenvalue weighted by atomic mass is 14.7. The first-order valence-electron chi connectivity index (χ1n) is 5.43. The van der Waals surface area contributed by atoms with E-state index >= 15 is 0 Å². The van der Waals surface area contributed by atoms with Crippen LogP contribution in [-0.4, -0.2) is 4.98 Å². The van der Waals surface area contributed by atoms with Crippen LogP contribution in [0.5, 0.6) is 0 Å². The molecular weight excluding hydrogens is 170 g/mol. The summed E-state index contributed by atoms with van der Waals surface area (Å²) in [6.45, 7) is 2.27. The van der Waals surface area contributed by atoms with Gasteiger partial charge in [-0.15, -0.1) is 0 Å². The molecule has 1 nitrogen and oxygen atoms in total. The Morgan fingerprint density at radius 3 is 3.07 bits per heavy atom. The molecule has 0 saturated heterocycles. The van der Waals surface area contributed by atoms with Gasteiger partial charge in [-0.2, -0.15) is 0 Å². The molecule has 1 N–H and O–H groups in total. The number of fused-ring (bicyclic) bond motifs is 3. The molecular formula is C13H15N. The van der Waals surface area contributed by atoms with E-state index in [-0.39, 0.29) is 0 Å². The Kier molecular flexibility index (Phi) is 1.66. The molecule has 2 aliphatic carbocycles. The van der Waals surface area contributed by atoms with Crippen molar-refractivity contribution in [2.75, 3.05) is 0 Å². The van der Waals surface area contributed by atoms with Crippen molar-refractivity contribution in [1.29, 1.82) is 0 Å². The van der Waals surface area contributed by atoms with E-state index in [9.17, 15) is 0 Å². The molecule has 0 bridgehead atoms. The van der Waals surface area contributed by atoms with Crippen molar-refractivity contribution < 1.29 is 0 Å². The van der Waals surface area contributed by atoms with Crippen LogP contribution in [0.25, 0.3) is 17.7 Å². The predicted molar refractivity (Wildman–Crippen MR) is 60.2 cm³/mol. The van der Waals surface area contributed by atoms with Crippen molar-refractivity contribution in [3.05, 3.63) is 27.9 Å². The van der Waals surface area contributed by atoms with E-state index in [4.69, 9.17) is 0 Å². The fourth-order valence-electron chi connectivity index (χ4n) is 2.57. The minimum absolute atomic E-state index is 1.18.